The molecule has 1 atom stereocenters. The molecule has 1 rings (SSSR count). The van der Waals surface area contributed by atoms with Gasteiger partial charge < -0.3 is 10.1 Å². The molecule has 2 nitrogen and oxygen atoms in total. The summed E-state index contributed by atoms with van der Waals surface area (Å²) >= 11 is 0. The summed E-state index contributed by atoms with van der Waals surface area (Å²) in [5.41, 5.74) is 1.25. The van der Waals surface area contributed by atoms with Crippen molar-refractivity contribution >= 4 is 0 Å². The van der Waals surface area contributed by atoms with Gasteiger partial charge in [0.25, 0.3) is 0 Å². The first-order valence-corrected chi connectivity index (χ1v) is 6.08. The number of benzene rings is 1. The highest BCUT2D eigenvalue weighted by atomic mass is 16.5. The van der Waals surface area contributed by atoms with Crippen molar-refractivity contribution < 1.29 is 4.74 Å². The van der Waals surface area contributed by atoms with Gasteiger partial charge in [0.1, 0.15) is 12.4 Å². The fourth-order valence-electron chi connectivity index (χ4n) is 1.45. The molecular formula is C15H21NO. The highest BCUT2D eigenvalue weighted by Gasteiger charge is 2.01. The molecule has 0 aliphatic heterocycles. The summed E-state index contributed by atoms with van der Waals surface area (Å²) in [5, 5.41) is 3.38. The van der Waals surface area contributed by atoms with E-state index in [0.717, 1.165) is 25.1 Å². The third kappa shape index (κ3) is 5.99. The first-order chi connectivity index (χ1) is 8.22. The van der Waals surface area contributed by atoms with Crippen molar-refractivity contribution in [2.75, 3.05) is 13.2 Å². The quantitative estimate of drug-likeness (QED) is 0.575. The van der Waals surface area contributed by atoms with E-state index in [9.17, 15) is 0 Å². The molecule has 0 saturated heterocycles. The lowest BCUT2D eigenvalue weighted by molar-refractivity contribution is 0.273. The molecule has 0 radical (unpaired) electrons. The van der Waals surface area contributed by atoms with Gasteiger partial charge in [0.05, 0.1) is 0 Å². The highest BCUT2D eigenvalue weighted by molar-refractivity contribution is 5.26. The fourth-order valence-corrected chi connectivity index (χ4v) is 1.45. The summed E-state index contributed by atoms with van der Waals surface area (Å²) in [5.74, 6) is 3.56. The van der Waals surface area contributed by atoms with E-state index in [1.165, 1.54) is 5.56 Å². The van der Waals surface area contributed by atoms with E-state index in [2.05, 4.69) is 37.2 Å². The maximum atomic E-state index is 5.68. The average molecular weight is 231 g/mol. The normalized spacial score (nSPS) is 11.8. The van der Waals surface area contributed by atoms with Gasteiger partial charge in [-0.15, -0.1) is 12.3 Å². The van der Waals surface area contributed by atoms with E-state index in [1.807, 2.05) is 12.1 Å². The third-order valence-corrected chi connectivity index (χ3v) is 2.51. The van der Waals surface area contributed by atoms with Crippen LogP contribution in [-0.4, -0.2) is 19.2 Å². The van der Waals surface area contributed by atoms with Crippen molar-refractivity contribution in [3.63, 3.8) is 0 Å². The molecule has 1 aromatic rings. The van der Waals surface area contributed by atoms with Gasteiger partial charge in [0, 0.05) is 12.5 Å². The van der Waals surface area contributed by atoms with Gasteiger partial charge in [-0.2, -0.15) is 0 Å². The second-order valence-corrected chi connectivity index (χ2v) is 4.29. The smallest absolute Gasteiger partial charge is 0.119 e. The van der Waals surface area contributed by atoms with Gasteiger partial charge >= 0.3 is 0 Å². The van der Waals surface area contributed by atoms with Crippen LogP contribution in [0.5, 0.6) is 5.75 Å². The fraction of sp³-hybridized carbons (Fsp3) is 0.467. The van der Waals surface area contributed by atoms with Crippen LogP contribution in [0.25, 0.3) is 0 Å². The molecule has 0 heterocycles. The van der Waals surface area contributed by atoms with Gasteiger partial charge in [-0.1, -0.05) is 17.7 Å². The zero-order chi connectivity index (χ0) is 12.5. The van der Waals surface area contributed by atoms with E-state index >= 15 is 0 Å². The number of unbranched alkanes of at least 4 members (excludes halogenated alkanes) is 1. The van der Waals surface area contributed by atoms with E-state index in [1.54, 1.807) is 0 Å². The number of nitrogens with one attached hydrogen (secondary N) is 1. The molecule has 0 saturated carbocycles. The number of aryl methyl sites for hydroxylation is 1. The molecule has 2 heteroatoms. The molecule has 0 amide bonds. The summed E-state index contributed by atoms with van der Waals surface area (Å²) in [6.45, 7) is 5.81. The van der Waals surface area contributed by atoms with Crippen LogP contribution in [0.3, 0.4) is 0 Å². The summed E-state index contributed by atoms with van der Waals surface area (Å²) in [6, 6.07) is 8.45. The molecule has 0 aromatic heterocycles. The lowest BCUT2D eigenvalue weighted by Crippen LogP contribution is -2.32. The monoisotopic (exact) mass is 231 g/mol. The van der Waals surface area contributed by atoms with Gasteiger partial charge in [-0.25, -0.2) is 0 Å². The Morgan fingerprint density at radius 2 is 2.06 bits per heavy atom. The number of hydrogen-bond donors (Lipinski definition) is 1. The lowest BCUT2D eigenvalue weighted by Gasteiger charge is -2.14. The van der Waals surface area contributed by atoms with E-state index in [4.69, 9.17) is 11.2 Å². The van der Waals surface area contributed by atoms with Crippen LogP contribution in [0.15, 0.2) is 24.3 Å². The summed E-state index contributed by atoms with van der Waals surface area (Å²) in [6.07, 6.45) is 7.04. The Kier molecular flexibility index (Phi) is 6.21. The minimum absolute atomic E-state index is 0.342. The predicted octanol–water partition coefficient (Wildman–Crippen LogP) is 2.77. The molecule has 0 fully saturated rings. The zero-order valence-corrected chi connectivity index (χ0v) is 10.7. The van der Waals surface area contributed by atoms with Crippen molar-refractivity contribution in [3.05, 3.63) is 29.8 Å². The van der Waals surface area contributed by atoms with Crippen molar-refractivity contribution in [1.29, 1.82) is 0 Å². The minimum atomic E-state index is 0.342. The molecule has 1 aromatic carbocycles. The second-order valence-electron chi connectivity index (χ2n) is 4.29. The first-order valence-electron chi connectivity index (χ1n) is 6.08. The summed E-state index contributed by atoms with van der Waals surface area (Å²) in [7, 11) is 0. The van der Waals surface area contributed by atoms with Crippen LogP contribution < -0.4 is 10.1 Å². The Balaban J connectivity index is 2.17. The number of ether oxygens (including phenoxy) is 1. The Labute approximate surface area is 104 Å². The molecule has 17 heavy (non-hydrogen) atoms. The average Bonchev–Trinajstić information content (AvgIpc) is 2.34. The van der Waals surface area contributed by atoms with Crippen LogP contribution in [0.1, 0.15) is 25.3 Å². The van der Waals surface area contributed by atoms with Crippen LogP contribution in [0.4, 0.5) is 0 Å². The molecule has 0 aliphatic carbocycles. The Morgan fingerprint density at radius 1 is 1.35 bits per heavy atom. The maximum Gasteiger partial charge on any atom is 0.119 e. The molecule has 1 N–H and O–H groups in total. The van der Waals surface area contributed by atoms with Gasteiger partial charge in [0.15, 0.2) is 0 Å². The Morgan fingerprint density at radius 3 is 2.71 bits per heavy atom. The van der Waals surface area contributed by atoms with Crippen molar-refractivity contribution in [2.24, 2.45) is 0 Å². The van der Waals surface area contributed by atoms with Gasteiger partial charge in [0.2, 0.25) is 0 Å². The molecule has 1 unspecified atom stereocenters. The van der Waals surface area contributed by atoms with Crippen molar-refractivity contribution in [3.8, 4) is 18.1 Å². The Hall–Kier alpha value is -1.46. The molecule has 0 spiro atoms. The van der Waals surface area contributed by atoms with Crippen molar-refractivity contribution in [1.82, 2.24) is 5.32 Å². The van der Waals surface area contributed by atoms with Crippen LogP contribution in [-0.2, 0) is 0 Å². The van der Waals surface area contributed by atoms with Crippen LogP contribution >= 0.6 is 0 Å². The second kappa shape index (κ2) is 7.76. The van der Waals surface area contributed by atoms with Gasteiger partial charge in [-0.05, 0) is 38.9 Å². The number of rotatable bonds is 7. The summed E-state index contributed by atoms with van der Waals surface area (Å²) in [4.78, 5) is 0. The lowest BCUT2D eigenvalue weighted by atomic mass is 10.2. The van der Waals surface area contributed by atoms with Crippen LogP contribution in [0, 0.1) is 19.3 Å². The highest BCUT2D eigenvalue weighted by Crippen LogP contribution is 2.11. The topological polar surface area (TPSA) is 21.3 Å². The predicted molar refractivity (Wildman–Crippen MR) is 72.2 cm³/mol. The third-order valence-electron chi connectivity index (χ3n) is 2.51. The zero-order valence-electron chi connectivity index (χ0n) is 10.7. The molecule has 0 bridgehead atoms. The maximum absolute atomic E-state index is 5.68. The first kappa shape index (κ1) is 13.6. The van der Waals surface area contributed by atoms with E-state index in [-0.39, 0.29) is 0 Å². The Bertz CT molecular complexity index is 350. The number of terminal acetylenes is 1. The molecule has 92 valence electrons. The SMILES string of the molecule is C#CCCCNC(C)COc1ccc(C)cc1. The minimum Gasteiger partial charge on any atom is -0.492 e. The van der Waals surface area contributed by atoms with Crippen LogP contribution in [0.2, 0.25) is 0 Å². The van der Waals surface area contributed by atoms with E-state index < -0.39 is 0 Å². The largest absolute Gasteiger partial charge is 0.492 e. The molecular weight excluding hydrogens is 210 g/mol. The van der Waals surface area contributed by atoms with Gasteiger partial charge in [-0.3, -0.25) is 0 Å². The van der Waals surface area contributed by atoms with E-state index in [0.29, 0.717) is 12.6 Å². The summed E-state index contributed by atoms with van der Waals surface area (Å²) < 4.78 is 5.68. The van der Waals surface area contributed by atoms with Crippen molar-refractivity contribution in [2.45, 2.75) is 32.7 Å². The molecule has 0 aliphatic rings. The standard InChI is InChI=1S/C15H21NO/c1-4-5-6-11-16-14(3)12-17-15-9-7-13(2)8-10-15/h1,7-10,14,16H,5-6,11-12H2,2-3H3. The number of hydrogen-bond acceptors (Lipinski definition) is 2.